The van der Waals surface area contributed by atoms with Crippen LogP contribution in [0.3, 0.4) is 0 Å². The van der Waals surface area contributed by atoms with Gasteiger partial charge in [0, 0.05) is 6.20 Å². The second-order valence-electron chi connectivity index (χ2n) is 4.35. The highest BCUT2D eigenvalue weighted by Crippen LogP contribution is 2.15. The SMILES string of the molecule is NC(=O)c1ccccc1-n1c(=O)[nH]c(=O)c2cccnc21. The number of aromatic amines is 1. The molecule has 104 valence electrons. The van der Waals surface area contributed by atoms with Crippen molar-refractivity contribution < 1.29 is 4.79 Å². The zero-order chi connectivity index (χ0) is 15.0. The summed E-state index contributed by atoms with van der Waals surface area (Å²) in [4.78, 5) is 41.7. The second kappa shape index (κ2) is 4.71. The quantitative estimate of drug-likeness (QED) is 0.698. The number of nitrogens with one attached hydrogen (secondary N) is 1. The average molecular weight is 282 g/mol. The first-order valence-electron chi connectivity index (χ1n) is 6.09. The third kappa shape index (κ3) is 2.00. The van der Waals surface area contributed by atoms with Crippen LogP contribution in [-0.2, 0) is 0 Å². The minimum Gasteiger partial charge on any atom is -0.366 e. The summed E-state index contributed by atoms with van der Waals surface area (Å²) >= 11 is 0. The standard InChI is InChI=1S/C14H10N4O3/c15-11(19)8-4-1-2-6-10(8)18-12-9(5-3-7-16-12)13(20)17-14(18)21/h1-7H,(H2,15,19)(H,17,20,21). The van der Waals surface area contributed by atoms with Gasteiger partial charge in [-0.1, -0.05) is 12.1 Å². The molecule has 1 aromatic carbocycles. The molecule has 0 aliphatic heterocycles. The number of carbonyl (C=O) groups is 1. The second-order valence-corrected chi connectivity index (χ2v) is 4.35. The van der Waals surface area contributed by atoms with Crippen molar-refractivity contribution in [2.24, 2.45) is 5.73 Å². The van der Waals surface area contributed by atoms with E-state index in [1.54, 1.807) is 30.3 Å². The van der Waals surface area contributed by atoms with Crippen LogP contribution in [0.2, 0.25) is 0 Å². The highest BCUT2D eigenvalue weighted by molar-refractivity contribution is 5.97. The fourth-order valence-electron chi connectivity index (χ4n) is 2.17. The van der Waals surface area contributed by atoms with Gasteiger partial charge in [-0.05, 0) is 24.3 Å². The van der Waals surface area contributed by atoms with Crippen molar-refractivity contribution in [2.75, 3.05) is 0 Å². The molecule has 7 heteroatoms. The van der Waals surface area contributed by atoms with Crippen molar-refractivity contribution in [3.05, 3.63) is 69.0 Å². The highest BCUT2D eigenvalue weighted by atomic mass is 16.2. The Hall–Kier alpha value is -3.22. The predicted molar refractivity (Wildman–Crippen MR) is 76.5 cm³/mol. The van der Waals surface area contributed by atoms with Crippen molar-refractivity contribution in [3.8, 4) is 5.69 Å². The Morgan fingerprint density at radius 2 is 1.90 bits per heavy atom. The summed E-state index contributed by atoms with van der Waals surface area (Å²) in [6.07, 6.45) is 1.46. The number of nitrogens with zero attached hydrogens (tertiary/aromatic N) is 2. The topological polar surface area (TPSA) is 111 Å². The number of aromatic nitrogens is 3. The van der Waals surface area contributed by atoms with Crippen molar-refractivity contribution in [1.29, 1.82) is 0 Å². The maximum Gasteiger partial charge on any atom is 0.334 e. The van der Waals surface area contributed by atoms with Crippen LogP contribution in [0.1, 0.15) is 10.4 Å². The zero-order valence-electron chi connectivity index (χ0n) is 10.7. The molecule has 0 aliphatic rings. The molecule has 3 rings (SSSR count). The van der Waals surface area contributed by atoms with Crippen molar-refractivity contribution in [3.63, 3.8) is 0 Å². The largest absolute Gasteiger partial charge is 0.366 e. The molecule has 21 heavy (non-hydrogen) atoms. The lowest BCUT2D eigenvalue weighted by Crippen LogP contribution is -2.31. The molecule has 0 spiro atoms. The molecule has 0 fully saturated rings. The third-order valence-corrected chi connectivity index (χ3v) is 3.08. The first kappa shape index (κ1) is 12.8. The van der Waals surface area contributed by atoms with Crippen LogP contribution in [0.5, 0.6) is 0 Å². The molecule has 0 unspecified atom stereocenters. The van der Waals surface area contributed by atoms with Crippen molar-refractivity contribution in [1.82, 2.24) is 14.5 Å². The number of rotatable bonds is 2. The molecule has 0 radical (unpaired) electrons. The first-order chi connectivity index (χ1) is 10.1. The summed E-state index contributed by atoms with van der Waals surface area (Å²) in [5.74, 6) is -0.673. The average Bonchev–Trinajstić information content (AvgIpc) is 2.47. The van der Waals surface area contributed by atoms with E-state index in [0.29, 0.717) is 0 Å². The number of amides is 1. The summed E-state index contributed by atoms with van der Waals surface area (Å²) < 4.78 is 1.16. The number of fused-ring (bicyclic) bond motifs is 1. The van der Waals surface area contributed by atoms with Gasteiger partial charge in [-0.2, -0.15) is 0 Å². The molecule has 0 saturated carbocycles. The molecule has 2 heterocycles. The van der Waals surface area contributed by atoms with Crippen LogP contribution in [0.15, 0.2) is 52.2 Å². The number of nitrogens with two attached hydrogens (primary N) is 1. The maximum atomic E-state index is 12.1. The van der Waals surface area contributed by atoms with E-state index in [0.717, 1.165) is 4.57 Å². The van der Waals surface area contributed by atoms with E-state index in [4.69, 9.17) is 5.73 Å². The Morgan fingerprint density at radius 1 is 1.14 bits per heavy atom. The van der Waals surface area contributed by atoms with Gasteiger partial charge in [0.2, 0.25) is 0 Å². The minimum atomic E-state index is -0.681. The number of pyridine rings is 1. The maximum absolute atomic E-state index is 12.1. The Morgan fingerprint density at radius 3 is 2.67 bits per heavy atom. The lowest BCUT2D eigenvalue weighted by Gasteiger charge is -2.11. The fourth-order valence-corrected chi connectivity index (χ4v) is 2.17. The van der Waals surface area contributed by atoms with E-state index < -0.39 is 17.2 Å². The van der Waals surface area contributed by atoms with Gasteiger partial charge in [0.1, 0.15) is 0 Å². The molecule has 3 aromatic rings. The monoisotopic (exact) mass is 282 g/mol. The number of H-pyrrole nitrogens is 1. The predicted octanol–water partition coefficient (Wildman–Crippen LogP) is 0.173. The third-order valence-electron chi connectivity index (χ3n) is 3.08. The van der Waals surface area contributed by atoms with Crippen LogP contribution >= 0.6 is 0 Å². The first-order valence-corrected chi connectivity index (χ1v) is 6.09. The van der Waals surface area contributed by atoms with Gasteiger partial charge < -0.3 is 5.73 Å². The molecule has 0 atom stereocenters. The van der Waals surface area contributed by atoms with Gasteiger partial charge in [0.05, 0.1) is 16.6 Å². The van der Waals surface area contributed by atoms with Crippen LogP contribution < -0.4 is 17.0 Å². The molecule has 2 aromatic heterocycles. The van der Waals surface area contributed by atoms with E-state index in [-0.39, 0.29) is 22.3 Å². The molecule has 0 saturated heterocycles. The smallest absolute Gasteiger partial charge is 0.334 e. The van der Waals surface area contributed by atoms with Gasteiger partial charge in [0.25, 0.3) is 11.5 Å². The minimum absolute atomic E-state index is 0.165. The molecule has 0 aliphatic carbocycles. The Bertz CT molecular complexity index is 972. The van der Waals surface area contributed by atoms with Crippen molar-refractivity contribution in [2.45, 2.75) is 0 Å². The Labute approximate surface area is 117 Å². The summed E-state index contributed by atoms with van der Waals surface area (Å²) in [6, 6.07) is 9.50. The zero-order valence-corrected chi connectivity index (χ0v) is 10.7. The summed E-state index contributed by atoms with van der Waals surface area (Å²) in [5, 5.41) is 0.247. The molecular weight excluding hydrogens is 272 g/mol. The van der Waals surface area contributed by atoms with E-state index in [9.17, 15) is 14.4 Å². The number of hydrogen-bond acceptors (Lipinski definition) is 4. The molecular formula is C14H10N4O3. The number of hydrogen-bond donors (Lipinski definition) is 2. The summed E-state index contributed by atoms with van der Waals surface area (Å²) in [5.41, 5.74) is 4.72. The number of benzene rings is 1. The normalized spacial score (nSPS) is 10.7. The van der Waals surface area contributed by atoms with E-state index in [1.807, 2.05) is 0 Å². The van der Waals surface area contributed by atoms with E-state index in [2.05, 4.69) is 9.97 Å². The van der Waals surface area contributed by atoms with Gasteiger partial charge in [0.15, 0.2) is 5.65 Å². The van der Waals surface area contributed by atoms with Crippen LogP contribution in [-0.4, -0.2) is 20.4 Å². The van der Waals surface area contributed by atoms with Crippen LogP contribution in [0.4, 0.5) is 0 Å². The summed E-state index contributed by atoms with van der Waals surface area (Å²) in [6.45, 7) is 0. The highest BCUT2D eigenvalue weighted by Gasteiger charge is 2.15. The Kier molecular flexibility index (Phi) is 2.87. The lowest BCUT2D eigenvalue weighted by molar-refractivity contribution is 0.100. The molecule has 1 amide bonds. The molecule has 0 bridgehead atoms. The lowest BCUT2D eigenvalue weighted by atomic mass is 10.1. The van der Waals surface area contributed by atoms with Gasteiger partial charge >= 0.3 is 5.69 Å². The Balaban J connectivity index is 2.50. The van der Waals surface area contributed by atoms with Crippen LogP contribution in [0, 0.1) is 0 Å². The molecule has 7 nitrogen and oxygen atoms in total. The molecule has 3 N–H and O–H groups in total. The van der Waals surface area contributed by atoms with Gasteiger partial charge in [-0.15, -0.1) is 0 Å². The summed E-state index contributed by atoms with van der Waals surface area (Å²) in [7, 11) is 0. The number of primary amides is 1. The number of carbonyl (C=O) groups excluding carboxylic acids is 1. The van der Waals surface area contributed by atoms with Crippen LogP contribution in [0.25, 0.3) is 16.7 Å². The van der Waals surface area contributed by atoms with Gasteiger partial charge in [-0.3, -0.25) is 14.6 Å². The van der Waals surface area contributed by atoms with Crippen molar-refractivity contribution >= 4 is 16.9 Å². The number of para-hydroxylation sites is 1. The van der Waals surface area contributed by atoms with E-state index >= 15 is 0 Å². The van der Waals surface area contributed by atoms with E-state index in [1.165, 1.54) is 12.3 Å². The van der Waals surface area contributed by atoms with Gasteiger partial charge in [-0.25, -0.2) is 14.3 Å². The fraction of sp³-hybridized carbons (Fsp3) is 0.